The molecule has 2 aromatic rings. The second-order valence-electron chi connectivity index (χ2n) is 9.01. The fourth-order valence-electron chi connectivity index (χ4n) is 3.99. The number of ether oxygens (including phenoxy) is 2. The molecule has 0 spiro atoms. The van der Waals surface area contributed by atoms with Gasteiger partial charge in [0.1, 0.15) is 11.3 Å². The van der Waals surface area contributed by atoms with Crippen molar-refractivity contribution in [3.05, 3.63) is 59.2 Å². The van der Waals surface area contributed by atoms with Crippen LogP contribution in [0, 0.1) is 0 Å². The van der Waals surface area contributed by atoms with E-state index in [4.69, 9.17) is 9.47 Å². The molecule has 0 bridgehead atoms. The summed E-state index contributed by atoms with van der Waals surface area (Å²) in [5.41, 5.74) is 3.36. The van der Waals surface area contributed by atoms with Gasteiger partial charge in [-0.25, -0.2) is 4.79 Å². The van der Waals surface area contributed by atoms with Crippen LogP contribution in [0.2, 0.25) is 0 Å². The maximum atomic E-state index is 12.4. The van der Waals surface area contributed by atoms with E-state index in [1.54, 1.807) is 30.9 Å². The van der Waals surface area contributed by atoms with E-state index in [0.29, 0.717) is 23.5 Å². The van der Waals surface area contributed by atoms with Gasteiger partial charge < -0.3 is 14.4 Å². The zero-order valence-corrected chi connectivity index (χ0v) is 19.8. The summed E-state index contributed by atoms with van der Waals surface area (Å²) in [6, 6.07) is 13.7. The standard InChI is InChI=1S/C27H35NO4/c1-5-6-7-8-9-10-11-21-12-14-22(15-13-21)19-28(20(2)29)23-16-17-25-24(18-23)26(30)32-27(3,4)31-25/h12-18H,5-11,19H2,1-4H3. The Hall–Kier alpha value is -2.82. The smallest absolute Gasteiger partial charge is 0.345 e. The summed E-state index contributed by atoms with van der Waals surface area (Å²) in [6.45, 7) is 7.60. The maximum absolute atomic E-state index is 12.4. The molecule has 0 aliphatic carbocycles. The number of esters is 1. The highest BCUT2D eigenvalue weighted by Crippen LogP contribution is 2.34. The number of aryl methyl sites for hydroxylation is 1. The maximum Gasteiger partial charge on any atom is 0.345 e. The molecule has 0 fully saturated rings. The van der Waals surface area contributed by atoms with E-state index >= 15 is 0 Å². The van der Waals surface area contributed by atoms with Crippen molar-refractivity contribution in [3.63, 3.8) is 0 Å². The van der Waals surface area contributed by atoms with E-state index < -0.39 is 11.8 Å². The minimum absolute atomic E-state index is 0.0912. The lowest BCUT2D eigenvalue weighted by molar-refractivity contribution is -0.127. The molecular weight excluding hydrogens is 402 g/mol. The van der Waals surface area contributed by atoms with Crippen molar-refractivity contribution in [3.8, 4) is 5.75 Å². The monoisotopic (exact) mass is 437 g/mol. The molecule has 0 atom stereocenters. The third kappa shape index (κ3) is 6.35. The fourth-order valence-corrected chi connectivity index (χ4v) is 3.99. The number of amides is 1. The quantitative estimate of drug-likeness (QED) is 0.317. The predicted octanol–water partition coefficient (Wildman–Crippen LogP) is 6.43. The lowest BCUT2D eigenvalue weighted by atomic mass is 10.0. The first kappa shape index (κ1) is 23.8. The summed E-state index contributed by atoms with van der Waals surface area (Å²) in [7, 11) is 0. The van der Waals surface area contributed by atoms with Crippen LogP contribution in [0.1, 0.15) is 87.7 Å². The second-order valence-corrected chi connectivity index (χ2v) is 9.01. The summed E-state index contributed by atoms with van der Waals surface area (Å²) in [5, 5.41) is 0. The molecule has 5 nitrogen and oxygen atoms in total. The number of rotatable bonds is 10. The number of nitrogens with zero attached hydrogens (tertiary/aromatic N) is 1. The zero-order valence-electron chi connectivity index (χ0n) is 19.8. The summed E-state index contributed by atoms with van der Waals surface area (Å²) in [6.07, 6.45) is 8.84. The van der Waals surface area contributed by atoms with Gasteiger partial charge in [0.25, 0.3) is 0 Å². The molecule has 0 unspecified atom stereocenters. The topological polar surface area (TPSA) is 55.8 Å². The van der Waals surface area contributed by atoms with Crippen LogP contribution >= 0.6 is 0 Å². The lowest BCUT2D eigenvalue weighted by Crippen LogP contribution is -2.39. The zero-order chi connectivity index (χ0) is 23.1. The van der Waals surface area contributed by atoms with Crippen molar-refractivity contribution in [1.29, 1.82) is 0 Å². The molecule has 0 saturated heterocycles. The number of carbonyl (C=O) groups excluding carboxylic acids is 2. The van der Waals surface area contributed by atoms with Crippen molar-refractivity contribution >= 4 is 17.6 Å². The highest BCUT2D eigenvalue weighted by molar-refractivity contribution is 5.97. The van der Waals surface area contributed by atoms with E-state index in [1.165, 1.54) is 51.0 Å². The molecular formula is C27H35NO4. The van der Waals surface area contributed by atoms with E-state index in [9.17, 15) is 9.59 Å². The van der Waals surface area contributed by atoms with Crippen LogP contribution in [0.5, 0.6) is 5.75 Å². The summed E-state index contributed by atoms with van der Waals surface area (Å²) in [4.78, 5) is 26.5. The van der Waals surface area contributed by atoms with Crippen LogP contribution in [0.15, 0.2) is 42.5 Å². The molecule has 5 heteroatoms. The molecule has 1 aliphatic rings. The van der Waals surface area contributed by atoms with E-state index in [0.717, 1.165) is 12.0 Å². The molecule has 2 aromatic carbocycles. The van der Waals surface area contributed by atoms with Gasteiger partial charge in [0.05, 0.1) is 6.54 Å². The molecule has 0 aromatic heterocycles. The SMILES string of the molecule is CCCCCCCCc1ccc(CN(C(C)=O)c2ccc3c(c2)C(=O)OC(C)(C)O3)cc1. The third-order valence-electron chi connectivity index (χ3n) is 5.75. The molecule has 1 aliphatic heterocycles. The minimum Gasteiger partial charge on any atom is -0.452 e. The highest BCUT2D eigenvalue weighted by Gasteiger charge is 2.34. The normalized spacial score (nSPS) is 14.3. The summed E-state index contributed by atoms with van der Waals surface area (Å²) < 4.78 is 11.1. The molecule has 1 amide bonds. The van der Waals surface area contributed by atoms with Crippen LogP contribution in [0.3, 0.4) is 0 Å². The van der Waals surface area contributed by atoms with Gasteiger partial charge in [0, 0.05) is 26.5 Å². The Bertz CT molecular complexity index is 933. The van der Waals surface area contributed by atoms with Gasteiger partial charge in [-0.1, -0.05) is 63.3 Å². The Balaban J connectivity index is 1.64. The number of unbranched alkanes of at least 4 members (excludes halogenated alkanes) is 5. The average molecular weight is 438 g/mol. The fraction of sp³-hybridized carbons (Fsp3) is 0.481. The van der Waals surface area contributed by atoms with E-state index in [2.05, 4.69) is 31.2 Å². The minimum atomic E-state index is -0.997. The van der Waals surface area contributed by atoms with Gasteiger partial charge in [-0.15, -0.1) is 0 Å². The number of hydrogen-bond acceptors (Lipinski definition) is 4. The van der Waals surface area contributed by atoms with Crippen LogP contribution in [-0.2, 0) is 22.5 Å². The number of carbonyl (C=O) groups is 2. The predicted molar refractivity (Wildman–Crippen MR) is 127 cm³/mol. The van der Waals surface area contributed by atoms with Crippen molar-refractivity contribution < 1.29 is 19.1 Å². The van der Waals surface area contributed by atoms with Gasteiger partial charge in [-0.05, 0) is 42.2 Å². The molecule has 0 radical (unpaired) electrons. The van der Waals surface area contributed by atoms with Crippen LogP contribution in [0.4, 0.5) is 5.69 Å². The van der Waals surface area contributed by atoms with Gasteiger partial charge in [0.15, 0.2) is 0 Å². The number of anilines is 1. The van der Waals surface area contributed by atoms with Crippen LogP contribution in [0.25, 0.3) is 0 Å². The van der Waals surface area contributed by atoms with E-state index in [-0.39, 0.29) is 5.91 Å². The third-order valence-corrected chi connectivity index (χ3v) is 5.75. The second kappa shape index (κ2) is 10.7. The molecule has 0 N–H and O–H groups in total. The van der Waals surface area contributed by atoms with Crippen LogP contribution in [-0.4, -0.2) is 17.7 Å². The van der Waals surface area contributed by atoms with Gasteiger partial charge in [-0.3, -0.25) is 4.79 Å². The van der Waals surface area contributed by atoms with Gasteiger partial charge in [0.2, 0.25) is 11.7 Å². The molecule has 32 heavy (non-hydrogen) atoms. The first-order valence-corrected chi connectivity index (χ1v) is 11.7. The molecule has 172 valence electrons. The molecule has 3 rings (SSSR count). The van der Waals surface area contributed by atoms with Crippen molar-refractivity contribution in [2.75, 3.05) is 4.90 Å². The average Bonchev–Trinajstić information content (AvgIpc) is 2.74. The Morgan fingerprint density at radius 1 is 0.906 bits per heavy atom. The van der Waals surface area contributed by atoms with Crippen molar-refractivity contribution in [2.24, 2.45) is 0 Å². The summed E-state index contributed by atoms with van der Waals surface area (Å²) >= 11 is 0. The summed E-state index contributed by atoms with van der Waals surface area (Å²) in [5.74, 6) is -1.06. The number of fused-ring (bicyclic) bond motifs is 1. The van der Waals surface area contributed by atoms with Crippen LogP contribution < -0.4 is 9.64 Å². The number of benzene rings is 2. The highest BCUT2D eigenvalue weighted by atomic mass is 16.7. The van der Waals surface area contributed by atoms with Crippen molar-refractivity contribution in [1.82, 2.24) is 0 Å². The lowest BCUT2D eigenvalue weighted by Gasteiger charge is -2.32. The Labute approximate surface area is 191 Å². The Kier molecular flexibility index (Phi) is 7.94. The number of cyclic esters (lactones) is 1. The van der Waals surface area contributed by atoms with E-state index in [1.807, 2.05) is 6.07 Å². The van der Waals surface area contributed by atoms with Gasteiger partial charge >= 0.3 is 5.97 Å². The number of hydrogen-bond donors (Lipinski definition) is 0. The first-order chi connectivity index (χ1) is 15.3. The molecule has 1 heterocycles. The largest absolute Gasteiger partial charge is 0.452 e. The van der Waals surface area contributed by atoms with Gasteiger partial charge in [-0.2, -0.15) is 0 Å². The first-order valence-electron chi connectivity index (χ1n) is 11.7. The molecule has 0 saturated carbocycles. The van der Waals surface area contributed by atoms with Crippen molar-refractivity contribution in [2.45, 2.75) is 85.0 Å². The Morgan fingerprint density at radius 3 is 2.25 bits per heavy atom. The Morgan fingerprint density at radius 2 is 1.56 bits per heavy atom.